The SMILES string of the molecule is CC1(C)CCN(C2CCCCCC2)CC1O. The molecule has 0 aromatic carbocycles. The molecule has 2 fully saturated rings. The van der Waals surface area contributed by atoms with Crippen LogP contribution in [0.1, 0.15) is 58.8 Å². The molecule has 0 radical (unpaired) electrons. The molecule has 2 aliphatic rings. The summed E-state index contributed by atoms with van der Waals surface area (Å²) in [6.07, 6.45) is 9.33. The molecule has 2 rings (SSSR count). The summed E-state index contributed by atoms with van der Waals surface area (Å²) >= 11 is 0. The minimum atomic E-state index is -0.135. The second kappa shape index (κ2) is 5.05. The van der Waals surface area contributed by atoms with E-state index in [1.165, 1.54) is 45.1 Å². The van der Waals surface area contributed by atoms with Crippen molar-refractivity contribution >= 4 is 0 Å². The molecular formula is C14H27NO. The van der Waals surface area contributed by atoms with Crippen molar-refractivity contribution in [3.05, 3.63) is 0 Å². The first-order valence-corrected chi connectivity index (χ1v) is 7.02. The van der Waals surface area contributed by atoms with Crippen molar-refractivity contribution in [2.75, 3.05) is 13.1 Å². The summed E-state index contributed by atoms with van der Waals surface area (Å²) in [6, 6.07) is 0.758. The molecular weight excluding hydrogens is 198 g/mol. The smallest absolute Gasteiger partial charge is 0.0718 e. The highest BCUT2D eigenvalue weighted by atomic mass is 16.3. The highest BCUT2D eigenvalue weighted by Crippen LogP contribution is 2.33. The van der Waals surface area contributed by atoms with Crippen molar-refractivity contribution in [2.24, 2.45) is 5.41 Å². The van der Waals surface area contributed by atoms with Crippen LogP contribution in [0.4, 0.5) is 0 Å². The van der Waals surface area contributed by atoms with E-state index in [1.807, 2.05) is 0 Å². The van der Waals surface area contributed by atoms with E-state index in [9.17, 15) is 5.11 Å². The fraction of sp³-hybridized carbons (Fsp3) is 1.00. The van der Waals surface area contributed by atoms with Crippen molar-refractivity contribution in [1.82, 2.24) is 4.90 Å². The average molecular weight is 225 g/mol. The van der Waals surface area contributed by atoms with E-state index in [0.717, 1.165) is 19.0 Å². The molecule has 0 amide bonds. The largest absolute Gasteiger partial charge is 0.391 e. The molecule has 0 aromatic heterocycles. The molecule has 1 atom stereocenters. The molecule has 16 heavy (non-hydrogen) atoms. The number of rotatable bonds is 1. The number of hydrogen-bond acceptors (Lipinski definition) is 2. The molecule has 2 heteroatoms. The van der Waals surface area contributed by atoms with Gasteiger partial charge in [0.15, 0.2) is 0 Å². The maximum atomic E-state index is 10.2. The van der Waals surface area contributed by atoms with Gasteiger partial charge in [0, 0.05) is 12.6 Å². The molecule has 0 aromatic rings. The van der Waals surface area contributed by atoms with Crippen LogP contribution in [0.5, 0.6) is 0 Å². The number of β-amino-alcohol motifs (C(OH)–C–C–N with tert-alkyl or cyclic N) is 1. The van der Waals surface area contributed by atoms with Gasteiger partial charge in [-0.3, -0.25) is 4.90 Å². The minimum Gasteiger partial charge on any atom is -0.391 e. The Morgan fingerprint density at radius 2 is 1.69 bits per heavy atom. The van der Waals surface area contributed by atoms with Gasteiger partial charge >= 0.3 is 0 Å². The molecule has 1 heterocycles. The number of aliphatic hydroxyl groups is 1. The summed E-state index contributed by atoms with van der Waals surface area (Å²) < 4.78 is 0. The van der Waals surface area contributed by atoms with Gasteiger partial charge in [0.2, 0.25) is 0 Å². The summed E-state index contributed by atoms with van der Waals surface area (Å²) in [5.41, 5.74) is 0.126. The van der Waals surface area contributed by atoms with Crippen molar-refractivity contribution in [3.8, 4) is 0 Å². The summed E-state index contributed by atoms with van der Waals surface area (Å²) in [7, 11) is 0. The molecule has 1 N–H and O–H groups in total. The van der Waals surface area contributed by atoms with Crippen LogP contribution in [0, 0.1) is 5.41 Å². The van der Waals surface area contributed by atoms with Gasteiger partial charge in [0.25, 0.3) is 0 Å². The molecule has 2 nitrogen and oxygen atoms in total. The van der Waals surface area contributed by atoms with E-state index >= 15 is 0 Å². The van der Waals surface area contributed by atoms with Crippen LogP contribution >= 0.6 is 0 Å². The van der Waals surface area contributed by atoms with E-state index in [1.54, 1.807) is 0 Å². The lowest BCUT2D eigenvalue weighted by Crippen LogP contribution is -2.51. The zero-order chi connectivity index (χ0) is 11.6. The molecule has 1 unspecified atom stereocenters. The number of nitrogens with zero attached hydrogens (tertiary/aromatic N) is 1. The van der Waals surface area contributed by atoms with Gasteiger partial charge in [-0.25, -0.2) is 0 Å². The van der Waals surface area contributed by atoms with Gasteiger partial charge < -0.3 is 5.11 Å². The second-order valence-electron chi connectivity index (χ2n) is 6.39. The summed E-state index contributed by atoms with van der Waals surface area (Å²) in [5, 5.41) is 10.2. The fourth-order valence-electron chi connectivity index (χ4n) is 3.11. The first kappa shape index (κ1) is 12.4. The van der Waals surface area contributed by atoms with Gasteiger partial charge in [0.1, 0.15) is 0 Å². The predicted octanol–water partition coefficient (Wildman–Crippen LogP) is 2.80. The monoisotopic (exact) mass is 225 g/mol. The molecule has 0 bridgehead atoms. The number of aliphatic hydroxyl groups excluding tert-OH is 1. The maximum Gasteiger partial charge on any atom is 0.0718 e. The third-order valence-electron chi connectivity index (χ3n) is 4.69. The van der Waals surface area contributed by atoms with Crippen LogP contribution in [0.3, 0.4) is 0 Å². The van der Waals surface area contributed by atoms with E-state index in [4.69, 9.17) is 0 Å². The lowest BCUT2D eigenvalue weighted by molar-refractivity contribution is -0.0409. The van der Waals surface area contributed by atoms with Crippen LogP contribution in [-0.2, 0) is 0 Å². The van der Waals surface area contributed by atoms with Gasteiger partial charge in [-0.15, -0.1) is 0 Å². The van der Waals surface area contributed by atoms with Gasteiger partial charge in [-0.05, 0) is 31.2 Å². The molecule has 0 spiro atoms. The van der Waals surface area contributed by atoms with Gasteiger partial charge in [0.05, 0.1) is 6.10 Å². The van der Waals surface area contributed by atoms with Crippen molar-refractivity contribution in [1.29, 1.82) is 0 Å². The molecule has 1 aliphatic carbocycles. The highest BCUT2D eigenvalue weighted by Gasteiger charge is 2.36. The normalized spacial score (nSPS) is 33.6. The maximum absolute atomic E-state index is 10.2. The third kappa shape index (κ3) is 2.78. The Bertz CT molecular complexity index is 219. The number of piperidine rings is 1. The Labute approximate surface area is 100 Å². The zero-order valence-corrected chi connectivity index (χ0v) is 10.9. The quantitative estimate of drug-likeness (QED) is 0.694. The lowest BCUT2D eigenvalue weighted by Gasteiger charge is -2.44. The van der Waals surface area contributed by atoms with Crippen molar-refractivity contribution < 1.29 is 5.11 Å². The van der Waals surface area contributed by atoms with Crippen LogP contribution < -0.4 is 0 Å². The zero-order valence-electron chi connectivity index (χ0n) is 10.9. The Morgan fingerprint density at radius 1 is 1.06 bits per heavy atom. The first-order valence-electron chi connectivity index (χ1n) is 7.02. The minimum absolute atomic E-state index is 0.126. The highest BCUT2D eigenvalue weighted by molar-refractivity contribution is 4.89. The van der Waals surface area contributed by atoms with Crippen LogP contribution in [0.2, 0.25) is 0 Å². The second-order valence-corrected chi connectivity index (χ2v) is 6.39. The van der Waals surface area contributed by atoms with Crippen molar-refractivity contribution in [3.63, 3.8) is 0 Å². The van der Waals surface area contributed by atoms with Gasteiger partial charge in [-0.1, -0.05) is 39.5 Å². The average Bonchev–Trinajstić information content (AvgIpc) is 2.50. The van der Waals surface area contributed by atoms with Crippen LogP contribution in [0.15, 0.2) is 0 Å². The summed E-state index contributed by atoms with van der Waals surface area (Å²) in [6.45, 7) is 6.48. The molecule has 1 saturated heterocycles. The topological polar surface area (TPSA) is 23.5 Å². The lowest BCUT2D eigenvalue weighted by atomic mass is 9.79. The van der Waals surface area contributed by atoms with E-state index in [2.05, 4.69) is 18.7 Å². The van der Waals surface area contributed by atoms with E-state index in [-0.39, 0.29) is 11.5 Å². The fourth-order valence-corrected chi connectivity index (χ4v) is 3.11. The standard InChI is InChI=1S/C14H27NO/c1-14(2)9-10-15(11-13(14)16)12-7-5-3-4-6-8-12/h12-13,16H,3-11H2,1-2H3. The number of hydrogen-bond donors (Lipinski definition) is 1. The van der Waals surface area contributed by atoms with Crippen LogP contribution in [-0.4, -0.2) is 35.2 Å². The van der Waals surface area contributed by atoms with Crippen LogP contribution in [0.25, 0.3) is 0 Å². The van der Waals surface area contributed by atoms with Gasteiger partial charge in [-0.2, -0.15) is 0 Å². The first-order chi connectivity index (χ1) is 7.59. The van der Waals surface area contributed by atoms with E-state index < -0.39 is 0 Å². The molecule has 1 aliphatic heterocycles. The third-order valence-corrected chi connectivity index (χ3v) is 4.69. The Balaban J connectivity index is 1.90. The van der Waals surface area contributed by atoms with E-state index in [0.29, 0.717) is 0 Å². The Kier molecular flexibility index (Phi) is 3.91. The number of likely N-dealkylation sites (tertiary alicyclic amines) is 1. The Morgan fingerprint density at radius 3 is 2.25 bits per heavy atom. The summed E-state index contributed by atoms with van der Waals surface area (Å²) in [5.74, 6) is 0. The summed E-state index contributed by atoms with van der Waals surface area (Å²) in [4.78, 5) is 2.56. The van der Waals surface area contributed by atoms with Crippen molar-refractivity contribution in [2.45, 2.75) is 70.9 Å². The predicted molar refractivity (Wildman–Crippen MR) is 67.5 cm³/mol. The molecule has 1 saturated carbocycles. The Hall–Kier alpha value is -0.0800. The molecule has 94 valence electrons.